The minimum Gasteiger partial charge on any atom is -0.481 e. The van der Waals surface area contributed by atoms with Crippen molar-refractivity contribution in [2.45, 2.75) is 25.8 Å². The van der Waals surface area contributed by atoms with E-state index in [-0.39, 0.29) is 12.0 Å². The van der Waals surface area contributed by atoms with Gasteiger partial charge in [-0.05, 0) is 37.4 Å². The van der Waals surface area contributed by atoms with Crippen LogP contribution in [0, 0.1) is 12.8 Å². The highest BCUT2D eigenvalue weighted by molar-refractivity contribution is 5.71. The molecule has 1 aromatic rings. The van der Waals surface area contributed by atoms with Crippen molar-refractivity contribution in [3.8, 4) is 0 Å². The Kier molecular flexibility index (Phi) is 3.25. The van der Waals surface area contributed by atoms with Gasteiger partial charge in [0.25, 0.3) is 0 Å². The SMILES string of the molecule is Cc1ccccc1[C@@H]1NCCC[C@H]1C(=O)O. The van der Waals surface area contributed by atoms with Crippen LogP contribution in [0.3, 0.4) is 0 Å². The van der Waals surface area contributed by atoms with Crippen molar-refractivity contribution in [2.75, 3.05) is 6.54 Å². The fraction of sp³-hybridized carbons (Fsp3) is 0.462. The molecule has 1 saturated heterocycles. The highest BCUT2D eigenvalue weighted by Gasteiger charge is 2.32. The van der Waals surface area contributed by atoms with Crippen LogP contribution < -0.4 is 5.32 Å². The normalized spacial score (nSPS) is 25.3. The number of rotatable bonds is 2. The molecule has 0 aliphatic carbocycles. The van der Waals surface area contributed by atoms with E-state index in [9.17, 15) is 9.90 Å². The van der Waals surface area contributed by atoms with Gasteiger partial charge in [-0.3, -0.25) is 4.79 Å². The maximum Gasteiger partial charge on any atom is 0.308 e. The van der Waals surface area contributed by atoms with Crippen LogP contribution in [-0.2, 0) is 4.79 Å². The van der Waals surface area contributed by atoms with E-state index in [0.717, 1.165) is 30.5 Å². The van der Waals surface area contributed by atoms with Gasteiger partial charge >= 0.3 is 5.97 Å². The maximum absolute atomic E-state index is 11.2. The van der Waals surface area contributed by atoms with Crippen LogP contribution in [-0.4, -0.2) is 17.6 Å². The molecule has 0 aromatic heterocycles. The Hall–Kier alpha value is -1.35. The van der Waals surface area contributed by atoms with Crippen molar-refractivity contribution >= 4 is 5.97 Å². The molecule has 0 radical (unpaired) electrons. The molecule has 1 aliphatic heterocycles. The van der Waals surface area contributed by atoms with Crippen molar-refractivity contribution in [1.82, 2.24) is 5.32 Å². The first kappa shape index (κ1) is 11.1. The Bertz CT molecular complexity index is 389. The zero-order valence-electron chi connectivity index (χ0n) is 9.44. The van der Waals surface area contributed by atoms with Gasteiger partial charge in [-0.25, -0.2) is 0 Å². The second-order valence-corrected chi connectivity index (χ2v) is 4.38. The van der Waals surface area contributed by atoms with E-state index >= 15 is 0 Å². The van der Waals surface area contributed by atoms with E-state index in [4.69, 9.17) is 0 Å². The van der Waals surface area contributed by atoms with Crippen LogP contribution in [0.25, 0.3) is 0 Å². The Balaban J connectivity index is 2.30. The second kappa shape index (κ2) is 4.66. The molecule has 0 spiro atoms. The molecule has 0 amide bonds. The molecule has 1 aliphatic rings. The van der Waals surface area contributed by atoms with Gasteiger partial charge in [0.05, 0.1) is 5.92 Å². The molecule has 1 aromatic carbocycles. The molecule has 3 nitrogen and oxygen atoms in total. The number of carboxylic acids is 1. The fourth-order valence-corrected chi connectivity index (χ4v) is 2.42. The van der Waals surface area contributed by atoms with E-state index in [0.29, 0.717) is 0 Å². The molecular weight excluding hydrogens is 202 g/mol. The zero-order chi connectivity index (χ0) is 11.5. The lowest BCUT2D eigenvalue weighted by atomic mass is 9.85. The van der Waals surface area contributed by atoms with Crippen molar-refractivity contribution in [3.63, 3.8) is 0 Å². The average Bonchev–Trinajstić information content (AvgIpc) is 2.29. The Morgan fingerprint density at radius 1 is 1.44 bits per heavy atom. The summed E-state index contributed by atoms with van der Waals surface area (Å²) in [6.07, 6.45) is 1.71. The van der Waals surface area contributed by atoms with E-state index < -0.39 is 5.97 Å². The third-order valence-corrected chi connectivity index (χ3v) is 3.30. The lowest BCUT2D eigenvalue weighted by Crippen LogP contribution is -2.38. The van der Waals surface area contributed by atoms with Crippen molar-refractivity contribution < 1.29 is 9.90 Å². The molecule has 2 rings (SSSR count). The molecule has 86 valence electrons. The van der Waals surface area contributed by atoms with Crippen LogP contribution >= 0.6 is 0 Å². The number of carbonyl (C=O) groups is 1. The van der Waals surface area contributed by atoms with E-state index in [1.54, 1.807) is 0 Å². The summed E-state index contributed by atoms with van der Waals surface area (Å²) in [5.41, 5.74) is 2.28. The molecule has 1 heterocycles. The van der Waals surface area contributed by atoms with E-state index in [2.05, 4.69) is 5.32 Å². The van der Waals surface area contributed by atoms with Crippen molar-refractivity contribution in [3.05, 3.63) is 35.4 Å². The molecule has 0 bridgehead atoms. The number of hydrogen-bond donors (Lipinski definition) is 2. The number of carboxylic acid groups (broad SMARTS) is 1. The number of hydrogen-bond acceptors (Lipinski definition) is 2. The van der Waals surface area contributed by atoms with Gasteiger partial charge in [0, 0.05) is 6.04 Å². The van der Waals surface area contributed by atoms with Gasteiger partial charge in [-0.15, -0.1) is 0 Å². The Morgan fingerprint density at radius 2 is 2.19 bits per heavy atom. The van der Waals surface area contributed by atoms with Crippen LogP contribution in [0.1, 0.15) is 30.0 Å². The largest absolute Gasteiger partial charge is 0.481 e. The monoisotopic (exact) mass is 219 g/mol. The Labute approximate surface area is 95.5 Å². The van der Waals surface area contributed by atoms with Gasteiger partial charge in [-0.1, -0.05) is 24.3 Å². The van der Waals surface area contributed by atoms with Gasteiger partial charge < -0.3 is 10.4 Å². The summed E-state index contributed by atoms with van der Waals surface area (Å²) in [5.74, 6) is -0.990. The van der Waals surface area contributed by atoms with Gasteiger partial charge in [0.2, 0.25) is 0 Å². The summed E-state index contributed by atoms with van der Waals surface area (Å²) in [6.45, 7) is 2.94. The second-order valence-electron chi connectivity index (χ2n) is 4.38. The van der Waals surface area contributed by atoms with Crippen LogP contribution in [0.4, 0.5) is 0 Å². The summed E-state index contributed by atoms with van der Waals surface area (Å²) >= 11 is 0. The molecule has 2 atom stereocenters. The smallest absolute Gasteiger partial charge is 0.308 e. The molecule has 1 fully saturated rings. The first-order valence-corrected chi connectivity index (χ1v) is 5.72. The summed E-state index contributed by atoms with van der Waals surface area (Å²) in [7, 11) is 0. The molecular formula is C13H17NO2. The van der Waals surface area contributed by atoms with Crippen LogP contribution in [0.15, 0.2) is 24.3 Å². The fourth-order valence-electron chi connectivity index (χ4n) is 2.42. The topological polar surface area (TPSA) is 49.3 Å². The van der Waals surface area contributed by atoms with Gasteiger partial charge in [-0.2, -0.15) is 0 Å². The minimum absolute atomic E-state index is 0.0348. The van der Waals surface area contributed by atoms with Gasteiger partial charge in [0.15, 0.2) is 0 Å². The first-order valence-electron chi connectivity index (χ1n) is 5.72. The van der Waals surface area contributed by atoms with Crippen molar-refractivity contribution in [2.24, 2.45) is 5.92 Å². The maximum atomic E-state index is 11.2. The summed E-state index contributed by atoms with van der Waals surface area (Å²) in [6, 6.07) is 7.97. The van der Waals surface area contributed by atoms with Crippen LogP contribution in [0.2, 0.25) is 0 Å². The van der Waals surface area contributed by atoms with E-state index in [1.165, 1.54) is 0 Å². The highest BCUT2D eigenvalue weighted by Crippen LogP contribution is 2.31. The number of aliphatic carboxylic acids is 1. The Morgan fingerprint density at radius 3 is 2.88 bits per heavy atom. The average molecular weight is 219 g/mol. The summed E-state index contributed by atoms with van der Waals surface area (Å²) in [5, 5.41) is 12.5. The number of benzene rings is 1. The highest BCUT2D eigenvalue weighted by atomic mass is 16.4. The van der Waals surface area contributed by atoms with E-state index in [1.807, 2.05) is 31.2 Å². The van der Waals surface area contributed by atoms with Crippen molar-refractivity contribution in [1.29, 1.82) is 0 Å². The number of nitrogens with one attached hydrogen (secondary N) is 1. The summed E-state index contributed by atoms with van der Waals surface area (Å²) in [4.78, 5) is 11.2. The third-order valence-electron chi connectivity index (χ3n) is 3.30. The molecule has 3 heteroatoms. The number of piperidine rings is 1. The lowest BCUT2D eigenvalue weighted by molar-refractivity contribution is -0.143. The lowest BCUT2D eigenvalue weighted by Gasteiger charge is -2.31. The zero-order valence-corrected chi connectivity index (χ0v) is 9.44. The molecule has 2 N–H and O–H groups in total. The van der Waals surface area contributed by atoms with Crippen LogP contribution in [0.5, 0.6) is 0 Å². The molecule has 0 saturated carbocycles. The standard InChI is InChI=1S/C13H17NO2/c1-9-5-2-3-6-10(9)12-11(13(15)16)7-4-8-14-12/h2-3,5-6,11-12,14H,4,7-8H2,1H3,(H,15,16)/t11-,12+/m1/s1. The summed E-state index contributed by atoms with van der Waals surface area (Å²) < 4.78 is 0. The minimum atomic E-state index is -0.694. The molecule has 0 unspecified atom stereocenters. The molecule has 16 heavy (non-hydrogen) atoms. The predicted octanol–water partition coefficient (Wildman–Crippen LogP) is 2.12. The third kappa shape index (κ3) is 2.09. The predicted molar refractivity (Wildman–Crippen MR) is 62.3 cm³/mol. The number of aryl methyl sites for hydroxylation is 1. The quantitative estimate of drug-likeness (QED) is 0.801. The van der Waals surface area contributed by atoms with Gasteiger partial charge in [0.1, 0.15) is 0 Å². The first-order chi connectivity index (χ1) is 7.70.